The molecule has 6 nitrogen and oxygen atoms in total. The van der Waals surface area contributed by atoms with Crippen molar-refractivity contribution in [3.63, 3.8) is 0 Å². The smallest absolute Gasteiger partial charge is 0.422 e. The highest BCUT2D eigenvalue weighted by molar-refractivity contribution is 5.93. The number of amides is 1. The molecule has 0 atom stereocenters. The van der Waals surface area contributed by atoms with Gasteiger partial charge in [-0.3, -0.25) is 9.59 Å². The van der Waals surface area contributed by atoms with Crippen LogP contribution in [0.3, 0.4) is 0 Å². The number of hydrogen-bond acceptors (Lipinski definition) is 5. The number of hydrogen-bond donors (Lipinski definition) is 1. The zero-order valence-corrected chi connectivity index (χ0v) is 11.1. The van der Waals surface area contributed by atoms with Crippen LogP contribution in [0.4, 0.5) is 18.9 Å². The lowest BCUT2D eigenvalue weighted by Gasteiger charge is -2.08. The van der Waals surface area contributed by atoms with Crippen molar-refractivity contribution in [1.82, 2.24) is 0 Å². The highest BCUT2D eigenvalue weighted by Gasteiger charge is 2.29. The van der Waals surface area contributed by atoms with E-state index in [4.69, 9.17) is 0 Å². The van der Waals surface area contributed by atoms with E-state index in [2.05, 4.69) is 10.1 Å². The Labute approximate surface area is 122 Å². The van der Waals surface area contributed by atoms with Gasteiger partial charge < -0.3 is 20.0 Å². The molecular weight excluding hydrogens is 307 g/mol. The number of carboxylic acids is 1. The molecule has 1 rings (SSSR count). The van der Waals surface area contributed by atoms with Gasteiger partial charge in [0.2, 0.25) is 5.91 Å². The molecule has 0 spiro atoms. The molecule has 0 fully saturated rings. The third kappa shape index (κ3) is 6.73. The fourth-order valence-electron chi connectivity index (χ4n) is 1.36. The molecule has 1 aromatic carbocycles. The summed E-state index contributed by atoms with van der Waals surface area (Å²) in [6.45, 7) is -1.70. The lowest BCUT2D eigenvalue weighted by atomic mass is 10.2. The van der Waals surface area contributed by atoms with Crippen LogP contribution in [-0.2, 0) is 14.3 Å². The first-order valence-corrected chi connectivity index (χ1v) is 6.01. The SMILES string of the molecule is O=C(CCC(=O)OCC(F)(F)F)Nc1ccc(C(=O)[O-])cc1. The van der Waals surface area contributed by atoms with E-state index in [1.165, 1.54) is 24.3 Å². The van der Waals surface area contributed by atoms with Gasteiger partial charge in [-0.25, -0.2) is 0 Å². The van der Waals surface area contributed by atoms with Crippen molar-refractivity contribution in [1.29, 1.82) is 0 Å². The molecule has 1 amide bonds. The maximum absolute atomic E-state index is 11.8. The van der Waals surface area contributed by atoms with Crippen LogP contribution < -0.4 is 10.4 Å². The standard InChI is InChI=1S/C13H12F3NO5/c14-13(15,16)7-22-11(19)6-5-10(18)17-9-3-1-8(2-4-9)12(20)21/h1-4H,5-7H2,(H,17,18)(H,20,21)/p-1. The van der Waals surface area contributed by atoms with Crippen molar-refractivity contribution >= 4 is 23.5 Å². The summed E-state index contributed by atoms with van der Waals surface area (Å²) < 4.78 is 39.3. The molecule has 0 aliphatic rings. The third-order valence-electron chi connectivity index (χ3n) is 2.36. The first kappa shape index (κ1) is 17.5. The van der Waals surface area contributed by atoms with Crippen LogP contribution in [0.1, 0.15) is 23.2 Å². The van der Waals surface area contributed by atoms with Crippen molar-refractivity contribution < 1.29 is 37.4 Å². The minimum absolute atomic E-state index is 0.0753. The number of carbonyl (C=O) groups excluding carboxylic acids is 3. The second-order valence-electron chi connectivity index (χ2n) is 4.19. The summed E-state index contributed by atoms with van der Waals surface area (Å²) in [5.74, 6) is -3.13. The van der Waals surface area contributed by atoms with Crippen molar-refractivity contribution in [3.05, 3.63) is 29.8 Å². The van der Waals surface area contributed by atoms with Gasteiger partial charge in [0.1, 0.15) is 0 Å². The molecule has 0 radical (unpaired) electrons. The number of rotatable bonds is 6. The Balaban J connectivity index is 2.37. The van der Waals surface area contributed by atoms with Crippen LogP contribution in [0.2, 0.25) is 0 Å². The molecule has 0 aliphatic carbocycles. The fourth-order valence-corrected chi connectivity index (χ4v) is 1.36. The van der Waals surface area contributed by atoms with E-state index in [1.807, 2.05) is 0 Å². The minimum atomic E-state index is -4.61. The molecule has 0 saturated heterocycles. The van der Waals surface area contributed by atoms with Crippen LogP contribution in [0, 0.1) is 0 Å². The number of aromatic carboxylic acids is 1. The van der Waals surface area contributed by atoms with Crippen LogP contribution in [0.5, 0.6) is 0 Å². The number of ether oxygens (including phenoxy) is 1. The van der Waals surface area contributed by atoms with Gasteiger partial charge in [0.15, 0.2) is 6.61 Å². The van der Waals surface area contributed by atoms with Crippen LogP contribution >= 0.6 is 0 Å². The minimum Gasteiger partial charge on any atom is -0.545 e. The quantitative estimate of drug-likeness (QED) is 0.785. The number of carboxylic acid groups (broad SMARTS) is 1. The first-order chi connectivity index (χ1) is 10.2. The summed E-state index contributed by atoms with van der Waals surface area (Å²) >= 11 is 0. The van der Waals surface area contributed by atoms with Gasteiger partial charge in [-0.05, 0) is 17.7 Å². The molecule has 9 heteroatoms. The molecule has 0 bridgehead atoms. The number of carbonyl (C=O) groups is 3. The van der Waals surface area contributed by atoms with Crippen LogP contribution in [-0.4, -0.2) is 30.6 Å². The van der Waals surface area contributed by atoms with E-state index in [1.54, 1.807) is 0 Å². The van der Waals surface area contributed by atoms with Gasteiger partial charge in [0.25, 0.3) is 0 Å². The fraction of sp³-hybridized carbons (Fsp3) is 0.308. The Bertz CT molecular complexity index is 554. The Morgan fingerprint density at radius 3 is 2.18 bits per heavy atom. The average Bonchev–Trinajstić information content (AvgIpc) is 2.42. The zero-order chi connectivity index (χ0) is 16.8. The molecule has 0 saturated carbocycles. The molecule has 22 heavy (non-hydrogen) atoms. The van der Waals surface area contributed by atoms with E-state index in [9.17, 15) is 32.7 Å². The van der Waals surface area contributed by atoms with Crippen molar-refractivity contribution in [2.45, 2.75) is 19.0 Å². The summed E-state index contributed by atoms with van der Waals surface area (Å²) in [5, 5.41) is 12.9. The zero-order valence-electron chi connectivity index (χ0n) is 11.1. The second-order valence-corrected chi connectivity index (χ2v) is 4.19. The molecule has 0 aromatic heterocycles. The predicted octanol–water partition coefficient (Wildman–Crippen LogP) is 0.874. The lowest BCUT2D eigenvalue weighted by Crippen LogP contribution is -2.22. The summed E-state index contributed by atoms with van der Waals surface area (Å²) in [5.41, 5.74) is 0.201. The van der Waals surface area contributed by atoms with Gasteiger partial charge in [-0.2, -0.15) is 13.2 Å². The number of halogens is 3. The average molecular weight is 318 g/mol. The maximum atomic E-state index is 11.8. The molecule has 0 heterocycles. The van der Waals surface area contributed by atoms with Gasteiger partial charge in [0.05, 0.1) is 12.4 Å². The van der Waals surface area contributed by atoms with Gasteiger partial charge in [0, 0.05) is 12.1 Å². The van der Waals surface area contributed by atoms with Crippen molar-refractivity contribution in [3.8, 4) is 0 Å². The highest BCUT2D eigenvalue weighted by atomic mass is 19.4. The van der Waals surface area contributed by atoms with E-state index in [0.29, 0.717) is 0 Å². The molecule has 1 aromatic rings. The lowest BCUT2D eigenvalue weighted by molar-refractivity contribution is -0.255. The summed E-state index contributed by atoms with van der Waals surface area (Å²) in [6, 6.07) is 5.04. The van der Waals surface area contributed by atoms with Crippen molar-refractivity contribution in [2.75, 3.05) is 11.9 Å². The Morgan fingerprint density at radius 1 is 1.09 bits per heavy atom. The number of nitrogens with one attached hydrogen (secondary N) is 1. The number of alkyl halides is 3. The monoisotopic (exact) mass is 318 g/mol. The second kappa shape index (κ2) is 7.43. The third-order valence-corrected chi connectivity index (χ3v) is 2.36. The van der Waals surface area contributed by atoms with E-state index < -0.39 is 37.0 Å². The molecular formula is C13H11F3NO5-. The summed E-state index contributed by atoms with van der Waals surface area (Å²) in [6.07, 6.45) is -5.48. The van der Waals surface area contributed by atoms with Gasteiger partial charge in [-0.15, -0.1) is 0 Å². The molecule has 1 N–H and O–H groups in total. The Kier molecular flexibility index (Phi) is 5.90. The predicted molar refractivity (Wildman–Crippen MR) is 65.7 cm³/mol. The summed E-state index contributed by atoms with van der Waals surface area (Å²) in [7, 11) is 0. The van der Waals surface area contributed by atoms with Gasteiger partial charge in [-0.1, -0.05) is 12.1 Å². The maximum Gasteiger partial charge on any atom is 0.422 e. The first-order valence-electron chi connectivity index (χ1n) is 6.01. The van der Waals surface area contributed by atoms with E-state index >= 15 is 0 Å². The van der Waals surface area contributed by atoms with Crippen LogP contribution in [0.15, 0.2) is 24.3 Å². The molecule has 0 aliphatic heterocycles. The normalized spacial score (nSPS) is 10.9. The number of benzene rings is 1. The molecule has 120 valence electrons. The Hall–Kier alpha value is -2.58. The van der Waals surface area contributed by atoms with E-state index in [-0.39, 0.29) is 17.7 Å². The van der Waals surface area contributed by atoms with Crippen molar-refractivity contribution in [2.24, 2.45) is 0 Å². The Morgan fingerprint density at radius 2 is 1.68 bits per heavy atom. The number of esters is 1. The van der Waals surface area contributed by atoms with Gasteiger partial charge >= 0.3 is 12.1 Å². The number of anilines is 1. The topological polar surface area (TPSA) is 95.5 Å². The molecule has 0 unspecified atom stereocenters. The van der Waals surface area contributed by atoms with Crippen LogP contribution in [0.25, 0.3) is 0 Å². The van der Waals surface area contributed by atoms with E-state index in [0.717, 1.165) is 0 Å². The largest absolute Gasteiger partial charge is 0.545 e. The highest BCUT2D eigenvalue weighted by Crippen LogP contribution is 2.15. The summed E-state index contributed by atoms with van der Waals surface area (Å²) in [4.78, 5) is 33.0.